The van der Waals surface area contributed by atoms with Gasteiger partial charge in [0.05, 0.1) is 6.61 Å². The van der Waals surface area contributed by atoms with E-state index in [0.717, 1.165) is 43.5 Å². The molecular weight excluding hydrogens is 260 g/mol. The highest BCUT2D eigenvalue weighted by atomic mass is 16.5. The van der Waals surface area contributed by atoms with Crippen LogP contribution < -0.4 is 10.1 Å². The van der Waals surface area contributed by atoms with Crippen LogP contribution in [0.15, 0.2) is 12.1 Å². The van der Waals surface area contributed by atoms with Crippen LogP contribution >= 0.6 is 0 Å². The molecule has 1 heterocycles. The molecule has 0 aromatic carbocycles. The summed E-state index contributed by atoms with van der Waals surface area (Å²) in [5.41, 5.74) is 2.44. The summed E-state index contributed by atoms with van der Waals surface area (Å²) < 4.78 is 5.99. The molecule has 1 N–H and O–H groups in total. The zero-order valence-corrected chi connectivity index (χ0v) is 13.8. The molecule has 1 aliphatic carbocycles. The Bertz CT molecular complexity index is 425. The van der Waals surface area contributed by atoms with E-state index < -0.39 is 0 Å². The maximum absolute atomic E-state index is 5.99. The number of rotatable bonds is 8. The average Bonchev–Trinajstić information content (AvgIpc) is 2.96. The number of pyridine rings is 1. The van der Waals surface area contributed by atoms with Crippen LogP contribution in [-0.2, 0) is 13.0 Å². The molecule has 1 saturated carbocycles. The second-order valence-corrected chi connectivity index (χ2v) is 6.55. The molecule has 0 atom stereocenters. The molecule has 0 amide bonds. The highest BCUT2D eigenvalue weighted by Crippen LogP contribution is 2.25. The minimum absolute atomic E-state index is 0.496. The van der Waals surface area contributed by atoms with Crippen molar-refractivity contribution in [3.63, 3.8) is 0 Å². The number of hydrogen-bond donors (Lipinski definition) is 1. The van der Waals surface area contributed by atoms with Crippen molar-refractivity contribution in [1.29, 1.82) is 0 Å². The van der Waals surface area contributed by atoms with Crippen LogP contribution in [0.1, 0.15) is 64.1 Å². The topological polar surface area (TPSA) is 34.1 Å². The Balaban J connectivity index is 1.99. The van der Waals surface area contributed by atoms with Crippen molar-refractivity contribution in [2.45, 2.75) is 71.9 Å². The van der Waals surface area contributed by atoms with E-state index in [1.165, 1.54) is 31.2 Å². The van der Waals surface area contributed by atoms with Crippen LogP contribution in [0.5, 0.6) is 5.88 Å². The molecule has 0 bridgehead atoms. The Morgan fingerprint density at radius 1 is 1.29 bits per heavy atom. The average molecular weight is 290 g/mol. The standard InChI is InChI=1S/C18H30N2O/c1-4-7-17-10-16(12-19-14(2)3)11-18(20-17)21-13-15-8-5-6-9-15/h10-11,14-15,19H,4-9,12-13H2,1-3H3. The number of nitrogens with one attached hydrogen (secondary N) is 1. The molecule has 1 aromatic rings. The van der Waals surface area contributed by atoms with E-state index in [1.54, 1.807) is 0 Å². The van der Waals surface area contributed by atoms with Gasteiger partial charge < -0.3 is 10.1 Å². The molecule has 1 fully saturated rings. The Labute approximate surface area is 129 Å². The van der Waals surface area contributed by atoms with Gasteiger partial charge in [-0.1, -0.05) is 40.0 Å². The fourth-order valence-electron chi connectivity index (χ4n) is 2.88. The Kier molecular flexibility index (Phi) is 6.50. The van der Waals surface area contributed by atoms with Gasteiger partial charge in [0.15, 0.2) is 0 Å². The summed E-state index contributed by atoms with van der Waals surface area (Å²) >= 11 is 0. The highest BCUT2D eigenvalue weighted by molar-refractivity contribution is 5.25. The Morgan fingerprint density at radius 2 is 2.05 bits per heavy atom. The van der Waals surface area contributed by atoms with Gasteiger partial charge in [0, 0.05) is 24.3 Å². The Morgan fingerprint density at radius 3 is 2.71 bits per heavy atom. The predicted molar refractivity (Wildman–Crippen MR) is 87.7 cm³/mol. The molecule has 2 rings (SSSR count). The van der Waals surface area contributed by atoms with Gasteiger partial charge in [-0.15, -0.1) is 0 Å². The molecule has 3 nitrogen and oxygen atoms in total. The quantitative estimate of drug-likeness (QED) is 0.782. The minimum Gasteiger partial charge on any atom is -0.477 e. The van der Waals surface area contributed by atoms with Gasteiger partial charge in [0.25, 0.3) is 0 Å². The first-order chi connectivity index (χ1) is 10.2. The molecule has 0 radical (unpaired) electrons. The van der Waals surface area contributed by atoms with Crippen LogP contribution in [-0.4, -0.2) is 17.6 Å². The van der Waals surface area contributed by atoms with Gasteiger partial charge in [0.1, 0.15) is 0 Å². The predicted octanol–water partition coefficient (Wildman–Crippen LogP) is 4.10. The van der Waals surface area contributed by atoms with Crippen LogP contribution in [0.3, 0.4) is 0 Å². The van der Waals surface area contributed by atoms with Crippen molar-refractivity contribution in [1.82, 2.24) is 10.3 Å². The molecular formula is C18H30N2O. The lowest BCUT2D eigenvalue weighted by Gasteiger charge is -2.14. The number of hydrogen-bond acceptors (Lipinski definition) is 3. The zero-order valence-electron chi connectivity index (χ0n) is 13.8. The maximum Gasteiger partial charge on any atom is 0.213 e. The third-order valence-electron chi connectivity index (χ3n) is 4.08. The fraction of sp³-hybridized carbons (Fsp3) is 0.722. The van der Waals surface area contributed by atoms with Crippen molar-refractivity contribution in [2.24, 2.45) is 5.92 Å². The van der Waals surface area contributed by atoms with Crippen molar-refractivity contribution < 1.29 is 4.74 Å². The van der Waals surface area contributed by atoms with E-state index in [1.807, 2.05) is 0 Å². The minimum atomic E-state index is 0.496. The molecule has 21 heavy (non-hydrogen) atoms. The molecule has 1 aliphatic rings. The van der Waals surface area contributed by atoms with Crippen molar-refractivity contribution in [2.75, 3.05) is 6.61 Å². The zero-order chi connectivity index (χ0) is 15.1. The molecule has 3 heteroatoms. The summed E-state index contributed by atoms with van der Waals surface area (Å²) in [5, 5.41) is 3.47. The van der Waals surface area contributed by atoms with Gasteiger partial charge in [-0.2, -0.15) is 0 Å². The largest absolute Gasteiger partial charge is 0.477 e. The maximum atomic E-state index is 5.99. The van der Waals surface area contributed by atoms with E-state index in [0.29, 0.717) is 6.04 Å². The molecule has 118 valence electrons. The van der Waals surface area contributed by atoms with E-state index >= 15 is 0 Å². The first-order valence-corrected chi connectivity index (χ1v) is 8.53. The number of aryl methyl sites for hydroxylation is 1. The van der Waals surface area contributed by atoms with Gasteiger partial charge >= 0.3 is 0 Å². The lowest BCUT2D eigenvalue weighted by atomic mass is 10.1. The van der Waals surface area contributed by atoms with Crippen molar-refractivity contribution in [3.05, 3.63) is 23.4 Å². The molecule has 0 unspecified atom stereocenters. The van der Waals surface area contributed by atoms with Gasteiger partial charge in [-0.25, -0.2) is 4.98 Å². The van der Waals surface area contributed by atoms with E-state index in [4.69, 9.17) is 4.74 Å². The lowest BCUT2D eigenvalue weighted by molar-refractivity contribution is 0.242. The molecule has 0 spiro atoms. The summed E-state index contributed by atoms with van der Waals surface area (Å²) in [6.45, 7) is 8.26. The normalized spacial score (nSPS) is 15.8. The SMILES string of the molecule is CCCc1cc(CNC(C)C)cc(OCC2CCCC2)n1. The highest BCUT2D eigenvalue weighted by Gasteiger charge is 2.16. The monoisotopic (exact) mass is 290 g/mol. The third-order valence-corrected chi connectivity index (χ3v) is 4.08. The van der Waals surface area contributed by atoms with Crippen molar-refractivity contribution in [3.8, 4) is 5.88 Å². The number of nitrogens with zero attached hydrogens (tertiary/aromatic N) is 1. The van der Waals surface area contributed by atoms with Gasteiger partial charge in [-0.05, 0) is 36.8 Å². The van der Waals surface area contributed by atoms with Gasteiger partial charge in [-0.3, -0.25) is 0 Å². The number of ether oxygens (including phenoxy) is 1. The second kappa shape index (κ2) is 8.38. The summed E-state index contributed by atoms with van der Waals surface area (Å²) in [7, 11) is 0. The van der Waals surface area contributed by atoms with Crippen LogP contribution in [0, 0.1) is 5.92 Å². The van der Waals surface area contributed by atoms with E-state index in [-0.39, 0.29) is 0 Å². The molecule has 0 aliphatic heterocycles. The lowest BCUT2D eigenvalue weighted by Crippen LogP contribution is -2.22. The molecule has 0 saturated heterocycles. The first kappa shape index (κ1) is 16.3. The summed E-state index contributed by atoms with van der Waals surface area (Å²) in [6.07, 6.45) is 7.50. The smallest absolute Gasteiger partial charge is 0.213 e. The second-order valence-electron chi connectivity index (χ2n) is 6.55. The van der Waals surface area contributed by atoms with Crippen molar-refractivity contribution >= 4 is 0 Å². The third kappa shape index (κ3) is 5.66. The van der Waals surface area contributed by atoms with Crippen LogP contribution in [0.4, 0.5) is 0 Å². The van der Waals surface area contributed by atoms with Gasteiger partial charge in [0.2, 0.25) is 5.88 Å². The summed E-state index contributed by atoms with van der Waals surface area (Å²) in [5.74, 6) is 1.55. The van der Waals surface area contributed by atoms with E-state index in [2.05, 4.69) is 43.2 Å². The van der Waals surface area contributed by atoms with Crippen LogP contribution in [0.2, 0.25) is 0 Å². The summed E-state index contributed by atoms with van der Waals surface area (Å²) in [6, 6.07) is 4.81. The summed E-state index contributed by atoms with van der Waals surface area (Å²) in [4.78, 5) is 4.66. The van der Waals surface area contributed by atoms with Crippen LogP contribution in [0.25, 0.3) is 0 Å². The fourth-order valence-corrected chi connectivity index (χ4v) is 2.88. The van der Waals surface area contributed by atoms with E-state index in [9.17, 15) is 0 Å². The number of aromatic nitrogens is 1. The first-order valence-electron chi connectivity index (χ1n) is 8.53. The Hall–Kier alpha value is -1.09. The molecule has 1 aromatic heterocycles.